The van der Waals surface area contributed by atoms with Crippen LogP contribution in [-0.2, 0) is 14.3 Å². The topological polar surface area (TPSA) is 150 Å². The van der Waals surface area contributed by atoms with Crippen LogP contribution in [0, 0.1) is 10.1 Å². The van der Waals surface area contributed by atoms with Crippen LogP contribution >= 0.6 is 11.3 Å². The van der Waals surface area contributed by atoms with Crippen LogP contribution in [0.3, 0.4) is 0 Å². The van der Waals surface area contributed by atoms with Crippen molar-refractivity contribution in [2.24, 2.45) is 0 Å². The maximum atomic E-state index is 12.5. The number of esters is 2. The van der Waals surface area contributed by atoms with Crippen LogP contribution in [0.25, 0.3) is 0 Å². The first-order valence-electron chi connectivity index (χ1n) is 8.33. The van der Waals surface area contributed by atoms with Gasteiger partial charge >= 0.3 is 23.0 Å². The molecule has 3 rings (SSSR count). The highest BCUT2D eigenvalue weighted by Crippen LogP contribution is 2.29. The highest BCUT2D eigenvalue weighted by molar-refractivity contribution is 7.17. The molecule has 0 saturated carbocycles. The summed E-state index contributed by atoms with van der Waals surface area (Å²) in [6.07, 6.45) is 1.38. The first-order valence-corrected chi connectivity index (χ1v) is 9.14. The van der Waals surface area contributed by atoms with E-state index in [1.807, 2.05) is 0 Å². The number of amides is 2. The van der Waals surface area contributed by atoms with E-state index in [-0.39, 0.29) is 27.8 Å². The van der Waals surface area contributed by atoms with Crippen molar-refractivity contribution in [3.63, 3.8) is 0 Å². The Morgan fingerprint density at radius 1 is 1.28 bits per heavy atom. The number of carbonyl (C=O) groups excluding carboxylic acids is 3. The number of ether oxygens (including phenoxy) is 2. The molecule has 2 aromatic rings. The lowest BCUT2D eigenvalue weighted by atomic mass is 10.0. The Morgan fingerprint density at radius 2 is 2.07 bits per heavy atom. The molecule has 0 fully saturated rings. The zero-order valence-corrected chi connectivity index (χ0v) is 15.8. The Labute approximate surface area is 167 Å². The number of hydrogen-bond acceptors (Lipinski definition) is 9. The van der Waals surface area contributed by atoms with E-state index in [1.165, 1.54) is 18.4 Å². The van der Waals surface area contributed by atoms with E-state index in [1.54, 1.807) is 19.1 Å². The zero-order chi connectivity index (χ0) is 21.0. The van der Waals surface area contributed by atoms with Crippen molar-refractivity contribution >= 4 is 34.3 Å². The van der Waals surface area contributed by atoms with Gasteiger partial charge in [0, 0.05) is 6.07 Å². The predicted octanol–water partition coefficient (Wildman–Crippen LogP) is 2.28. The van der Waals surface area contributed by atoms with Gasteiger partial charge in [0.1, 0.15) is 23.3 Å². The molecule has 1 atom stereocenters. The van der Waals surface area contributed by atoms with Gasteiger partial charge in [-0.3, -0.25) is 10.1 Å². The lowest BCUT2D eigenvalue weighted by molar-refractivity contribution is -0.380. The van der Waals surface area contributed by atoms with Gasteiger partial charge in [-0.05, 0) is 25.1 Å². The summed E-state index contributed by atoms with van der Waals surface area (Å²) in [5.41, 5.74) is 0.0411. The van der Waals surface area contributed by atoms with E-state index in [0.29, 0.717) is 17.1 Å². The molecule has 0 radical (unpaired) electrons. The van der Waals surface area contributed by atoms with Crippen molar-refractivity contribution in [3.05, 3.63) is 62.6 Å². The minimum absolute atomic E-state index is 0.0119. The third kappa shape index (κ3) is 4.43. The van der Waals surface area contributed by atoms with Crippen molar-refractivity contribution in [3.8, 4) is 0 Å². The summed E-state index contributed by atoms with van der Waals surface area (Å²) in [4.78, 5) is 46.9. The SMILES string of the molecule is CCOC(=O)C1=C(COC(=O)c2ccc([N+](=O)[O-])s2)NC(=O)NC1c1ccco1. The number of nitrogens with zero attached hydrogens (tertiary/aromatic N) is 1. The van der Waals surface area contributed by atoms with Crippen molar-refractivity contribution in [1.29, 1.82) is 0 Å². The summed E-state index contributed by atoms with van der Waals surface area (Å²) < 4.78 is 15.5. The average molecular weight is 421 g/mol. The highest BCUT2D eigenvalue weighted by atomic mass is 32.1. The summed E-state index contributed by atoms with van der Waals surface area (Å²) >= 11 is 0.654. The standard InChI is InChI=1S/C17H15N3O8S/c1-2-26-16(22)13-9(18-17(23)19-14(13)10-4-3-7-27-10)8-28-15(21)11-5-6-12(29-11)20(24)25/h3-7,14H,2,8H2,1H3,(H2,18,19,23). The second-order valence-electron chi connectivity index (χ2n) is 5.63. The smallest absolute Gasteiger partial charge is 0.348 e. The first-order chi connectivity index (χ1) is 13.9. The molecule has 2 amide bonds. The maximum Gasteiger partial charge on any atom is 0.348 e. The largest absolute Gasteiger partial charge is 0.467 e. The van der Waals surface area contributed by atoms with Crippen molar-refractivity contribution in [2.45, 2.75) is 13.0 Å². The summed E-state index contributed by atoms with van der Waals surface area (Å²) in [6.45, 7) is 1.26. The van der Waals surface area contributed by atoms with Gasteiger partial charge in [-0.1, -0.05) is 11.3 Å². The molecule has 29 heavy (non-hydrogen) atoms. The fourth-order valence-corrected chi connectivity index (χ4v) is 3.31. The van der Waals surface area contributed by atoms with Crippen LogP contribution in [0.2, 0.25) is 0 Å². The third-order valence-electron chi connectivity index (χ3n) is 3.80. The molecular weight excluding hydrogens is 406 g/mol. The molecule has 0 aliphatic carbocycles. The summed E-state index contributed by atoms with van der Waals surface area (Å²) in [5, 5.41) is 15.5. The van der Waals surface area contributed by atoms with Crippen molar-refractivity contribution in [2.75, 3.05) is 13.2 Å². The lowest BCUT2D eigenvalue weighted by Crippen LogP contribution is -2.47. The molecule has 2 aromatic heterocycles. The molecule has 12 heteroatoms. The quantitative estimate of drug-likeness (QED) is 0.393. The number of furan rings is 1. The van der Waals surface area contributed by atoms with E-state index in [4.69, 9.17) is 13.9 Å². The predicted molar refractivity (Wildman–Crippen MR) is 98.0 cm³/mol. The van der Waals surface area contributed by atoms with Gasteiger partial charge in [0.2, 0.25) is 0 Å². The molecule has 1 unspecified atom stereocenters. The molecule has 1 aliphatic rings. The van der Waals surface area contributed by atoms with Crippen LogP contribution in [0.5, 0.6) is 0 Å². The van der Waals surface area contributed by atoms with Gasteiger partial charge in [0.25, 0.3) is 0 Å². The van der Waals surface area contributed by atoms with Gasteiger partial charge in [-0.2, -0.15) is 0 Å². The van der Waals surface area contributed by atoms with E-state index in [2.05, 4.69) is 10.6 Å². The van der Waals surface area contributed by atoms with Crippen LogP contribution in [0.1, 0.15) is 28.4 Å². The first kappa shape index (κ1) is 20.1. The number of nitro groups is 1. The zero-order valence-electron chi connectivity index (χ0n) is 15.0. The highest BCUT2D eigenvalue weighted by Gasteiger charge is 2.35. The Bertz CT molecular complexity index is 979. The minimum Gasteiger partial charge on any atom is -0.467 e. The van der Waals surface area contributed by atoms with Crippen LogP contribution < -0.4 is 10.6 Å². The summed E-state index contributed by atoms with van der Waals surface area (Å²) in [6, 6.07) is 4.05. The number of nitrogens with one attached hydrogen (secondary N) is 2. The third-order valence-corrected chi connectivity index (χ3v) is 4.81. The van der Waals surface area contributed by atoms with E-state index >= 15 is 0 Å². The molecule has 152 valence electrons. The molecule has 0 saturated heterocycles. The summed E-state index contributed by atoms with van der Waals surface area (Å²) in [7, 11) is 0. The van der Waals surface area contributed by atoms with E-state index in [0.717, 1.165) is 0 Å². The van der Waals surface area contributed by atoms with Gasteiger partial charge in [0.05, 0.1) is 29.1 Å². The molecule has 0 spiro atoms. The van der Waals surface area contributed by atoms with Gasteiger partial charge in [-0.15, -0.1) is 0 Å². The maximum absolute atomic E-state index is 12.5. The normalized spacial score (nSPS) is 16.0. The van der Waals surface area contributed by atoms with Crippen LogP contribution in [-0.4, -0.2) is 36.1 Å². The molecule has 2 N–H and O–H groups in total. The molecular formula is C17H15N3O8S. The van der Waals surface area contributed by atoms with E-state index < -0.39 is 35.5 Å². The number of hydrogen-bond donors (Lipinski definition) is 2. The molecule has 0 bridgehead atoms. The second kappa shape index (κ2) is 8.56. The number of carbonyl (C=O) groups is 3. The van der Waals surface area contributed by atoms with Gasteiger partial charge in [-0.25, -0.2) is 14.4 Å². The Morgan fingerprint density at radius 3 is 2.69 bits per heavy atom. The van der Waals surface area contributed by atoms with Gasteiger partial charge < -0.3 is 24.5 Å². The number of rotatable bonds is 7. The van der Waals surface area contributed by atoms with E-state index in [9.17, 15) is 24.5 Å². The monoisotopic (exact) mass is 421 g/mol. The second-order valence-corrected chi connectivity index (χ2v) is 6.69. The van der Waals surface area contributed by atoms with Gasteiger partial charge in [0.15, 0.2) is 0 Å². The van der Waals surface area contributed by atoms with Crippen molar-refractivity contribution < 1.29 is 33.2 Å². The van der Waals surface area contributed by atoms with Crippen molar-refractivity contribution in [1.82, 2.24) is 10.6 Å². The Hall–Kier alpha value is -3.67. The van der Waals surface area contributed by atoms with Crippen LogP contribution in [0.15, 0.2) is 46.2 Å². The Kier molecular flexibility index (Phi) is 5.93. The summed E-state index contributed by atoms with van der Waals surface area (Å²) in [5.74, 6) is -1.26. The number of urea groups is 1. The molecule has 0 aromatic carbocycles. The lowest BCUT2D eigenvalue weighted by Gasteiger charge is -2.27. The number of thiophene rings is 1. The molecule has 3 heterocycles. The average Bonchev–Trinajstić information content (AvgIpc) is 3.37. The van der Waals surface area contributed by atoms with Crippen LogP contribution in [0.4, 0.5) is 9.80 Å². The molecule has 11 nitrogen and oxygen atoms in total. The fourth-order valence-electron chi connectivity index (χ4n) is 2.59. The minimum atomic E-state index is -0.936. The fraction of sp³-hybridized carbons (Fsp3) is 0.235. The Balaban J connectivity index is 1.86. The molecule has 1 aliphatic heterocycles.